The average Bonchev–Trinajstić information content (AvgIpc) is 3.24. The van der Waals surface area contributed by atoms with E-state index in [4.69, 9.17) is 8.83 Å². The fraction of sp³-hybridized carbons (Fsp3) is 0.100. The quantitative estimate of drug-likeness (QED) is 0.570. The first-order chi connectivity index (χ1) is 13.6. The van der Waals surface area contributed by atoms with Crippen LogP contribution < -0.4 is 16.3 Å². The summed E-state index contributed by atoms with van der Waals surface area (Å²) in [5.41, 5.74) is 0.249. The van der Waals surface area contributed by atoms with Crippen LogP contribution in [0.15, 0.2) is 79.3 Å². The standard InChI is InChI=1S/C20H15N3O5/c24-15-12-18(28-16-5-2-1-4-13(15)16)20(26)21-9-10-23-19(25)8-7-14(22-23)17-6-3-11-27-17/h1-8,11-12H,9-10H2,(H,21,26). The molecule has 0 unspecified atom stereocenters. The monoisotopic (exact) mass is 377 g/mol. The van der Waals surface area contributed by atoms with E-state index in [9.17, 15) is 14.4 Å². The van der Waals surface area contributed by atoms with Gasteiger partial charge in [-0.1, -0.05) is 12.1 Å². The molecule has 0 aliphatic rings. The largest absolute Gasteiger partial charge is 0.463 e. The van der Waals surface area contributed by atoms with E-state index in [-0.39, 0.29) is 29.8 Å². The van der Waals surface area contributed by atoms with E-state index < -0.39 is 5.91 Å². The zero-order valence-corrected chi connectivity index (χ0v) is 14.6. The van der Waals surface area contributed by atoms with Crippen molar-refractivity contribution in [2.24, 2.45) is 0 Å². The smallest absolute Gasteiger partial charge is 0.287 e. The number of hydrogen-bond donors (Lipinski definition) is 1. The predicted octanol–water partition coefficient (Wildman–Crippen LogP) is 2.04. The van der Waals surface area contributed by atoms with Crippen LogP contribution in [-0.2, 0) is 6.54 Å². The minimum Gasteiger partial charge on any atom is -0.463 e. The second-order valence-corrected chi connectivity index (χ2v) is 5.98. The lowest BCUT2D eigenvalue weighted by atomic mass is 10.2. The minimum atomic E-state index is -0.543. The number of carbonyl (C=O) groups is 1. The summed E-state index contributed by atoms with van der Waals surface area (Å²) in [6.45, 7) is 0.279. The van der Waals surface area contributed by atoms with Crippen LogP contribution in [0.3, 0.4) is 0 Å². The van der Waals surface area contributed by atoms with E-state index >= 15 is 0 Å². The molecule has 8 heteroatoms. The summed E-state index contributed by atoms with van der Waals surface area (Å²) in [7, 11) is 0. The van der Waals surface area contributed by atoms with Crippen molar-refractivity contribution >= 4 is 16.9 Å². The Hall–Kier alpha value is -3.94. The number of nitrogens with one attached hydrogen (secondary N) is 1. The van der Waals surface area contributed by atoms with Gasteiger partial charge < -0.3 is 14.2 Å². The molecular formula is C20H15N3O5. The first-order valence-electron chi connectivity index (χ1n) is 8.55. The molecule has 1 aromatic carbocycles. The van der Waals surface area contributed by atoms with Crippen molar-refractivity contribution in [3.63, 3.8) is 0 Å². The number of benzene rings is 1. The molecular weight excluding hydrogens is 362 g/mol. The van der Waals surface area contributed by atoms with Gasteiger partial charge in [0.25, 0.3) is 11.5 Å². The molecule has 0 saturated carbocycles. The Morgan fingerprint density at radius 1 is 1.07 bits per heavy atom. The summed E-state index contributed by atoms with van der Waals surface area (Å²) in [5.74, 6) is -0.0952. The molecule has 4 aromatic rings. The summed E-state index contributed by atoms with van der Waals surface area (Å²) < 4.78 is 12.0. The molecule has 0 aliphatic carbocycles. The Labute approximate surface area is 158 Å². The van der Waals surface area contributed by atoms with E-state index in [1.54, 1.807) is 42.5 Å². The summed E-state index contributed by atoms with van der Waals surface area (Å²) >= 11 is 0. The molecule has 0 fully saturated rings. The zero-order valence-electron chi connectivity index (χ0n) is 14.6. The fourth-order valence-corrected chi connectivity index (χ4v) is 2.74. The zero-order chi connectivity index (χ0) is 19.5. The van der Waals surface area contributed by atoms with Crippen molar-refractivity contribution in [2.45, 2.75) is 6.54 Å². The number of fused-ring (bicyclic) bond motifs is 1. The summed E-state index contributed by atoms with van der Waals surface area (Å²) in [4.78, 5) is 36.4. The maximum absolute atomic E-state index is 12.3. The van der Waals surface area contributed by atoms with Gasteiger partial charge in [-0.2, -0.15) is 5.10 Å². The fourth-order valence-electron chi connectivity index (χ4n) is 2.74. The van der Waals surface area contributed by atoms with Gasteiger partial charge >= 0.3 is 0 Å². The third-order valence-electron chi connectivity index (χ3n) is 4.11. The number of furan rings is 1. The van der Waals surface area contributed by atoms with Crippen molar-refractivity contribution in [2.75, 3.05) is 6.54 Å². The van der Waals surface area contributed by atoms with Crippen molar-refractivity contribution in [3.05, 3.63) is 87.2 Å². The van der Waals surface area contributed by atoms with Gasteiger partial charge in [-0.25, -0.2) is 4.68 Å². The van der Waals surface area contributed by atoms with Crippen LogP contribution in [0.25, 0.3) is 22.4 Å². The SMILES string of the molecule is O=C(NCCn1nc(-c2ccco2)ccc1=O)c1cc(=O)c2ccccc2o1. The molecule has 0 atom stereocenters. The number of nitrogens with zero attached hydrogens (tertiary/aromatic N) is 2. The van der Waals surface area contributed by atoms with Crippen LogP contribution in [0.2, 0.25) is 0 Å². The van der Waals surface area contributed by atoms with Gasteiger partial charge in [0.2, 0.25) is 0 Å². The summed E-state index contributed by atoms with van der Waals surface area (Å²) in [5, 5.41) is 7.26. The Morgan fingerprint density at radius 2 is 1.93 bits per heavy atom. The Kier molecular flexibility index (Phi) is 4.59. The molecule has 4 rings (SSSR count). The molecule has 1 amide bonds. The summed E-state index contributed by atoms with van der Waals surface area (Å²) in [6, 6.07) is 14.3. The third kappa shape index (κ3) is 3.48. The van der Waals surface area contributed by atoms with E-state index in [0.717, 1.165) is 6.07 Å². The molecule has 3 aromatic heterocycles. The maximum atomic E-state index is 12.3. The van der Waals surface area contributed by atoms with Crippen LogP contribution in [0.4, 0.5) is 0 Å². The lowest BCUT2D eigenvalue weighted by Gasteiger charge is -2.08. The first-order valence-corrected chi connectivity index (χ1v) is 8.55. The Balaban J connectivity index is 1.47. The maximum Gasteiger partial charge on any atom is 0.287 e. The predicted molar refractivity (Wildman–Crippen MR) is 101 cm³/mol. The van der Waals surface area contributed by atoms with E-state index in [1.807, 2.05) is 0 Å². The third-order valence-corrected chi connectivity index (χ3v) is 4.11. The normalized spacial score (nSPS) is 10.9. The number of aromatic nitrogens is 2. The van der Waals surface area contributed by atoms with Gasteiger partial charge in [-0.05, 0) is 30.3 Å². The molecule has 0 saturated heterocycles. The average molecular weight is 377 g/mol. The van der Waals surface area contributed by atoms with E-state index in [0.29, 0.717) is 22.4 Å². The van der Waals surface area contributed by atoms with Crippen LogP contribution in [0.1, 0.15) is 10.6 Å². The lowest BCUT2D eigenvalue weighted by Crippen LogP contribution is -2.32. The van der Waals surface area contributed by atoms with E-state index in [2.05, 4.69) is 10.4 Å². The highest BCUT2D eigenvalue weighted by molar-refractivity contribution is 5.93. The number of para-hydroxylation sites is 1. The van der Waals surface area contributed by atoms with Crippen LogP contribution in [0.5, 0.6) is 0 Å². The highest BCUT2D eigenvalue weighted by Gasteiger charge is 2.12. The Morgan fingerprint density at radius 3 is 2.75 bits per heavy atom. The molecule has 0 bridgehead atoms. The van der Waals surface area contributed by atoms with Crippen molar-refractivity contribution < 1.29 is 13.6 Å². The van der Waals surface area contributed by atoms with Gasteiger partial charge in [0, 0.05) is 18.7 Å². The highest BCUT2D eigenvalue weighted by Crippen LogP contribution is 2.15. The second kappa shape index (κ2) is 7.36. The molecule has 0 radical (unpaired) electrons. The topological polar surface area (TPSA) is 107 Å². The van der Waals surface area contributed by atoms with Crippen LogP contribution in [-0.4, -0.2) is 22.2 Å². The first kappa shape index (κ1) is 17.5. The summed E-state index contributed by atoms with van der Waals surface area (Å²) in [6.07, 6.45) is 1.52. The number of hydrogen-bond acceptors (Lipinski definition) is 6. The minimum absolute atomic E-state index is 0.0895. The number of carbonyl (C=O) groups excluding carboxylic acids is 1. The van der Waals surface area contributed by atoms with Crippen molar-refractivity contribution in [1.82, 2.24) is 15.1 Å². The van der Waals surface area contributed by atoms with Crippen LogP contribution >= 0.6 is 0 Å². The Bertz CT molecular complexity index is 1250. The lowest BCUT2D eigenvalue weighted by molar-refractivity contribution is 0.0924. The van der Waals surface area contributed by atoms with Gasteiger partial charge in [0.05, 0.1) is 18.2 Å². The molecule has 0 spiro atoms. The van der Waals surface area contributed by atoms with Gasteiger partial charge in [-0.15, -0.1) is 0 Å². The molecule has 140 valence electrons. The van der Waals surface area contributed by atoms with Gasteiger partial charge in [-0.3, -0.25) is 14.4 Å². The molecule has 3 heterocycles. The van der Waals surface area contributed by atoms with Crippen molar-refractivity contribution in [1.29, 1.82) is 0 Å². The highest BCUT2D eigenvalue weighted by atomic mass is 16.3. The van der Waals surface area contributed by atoms with E-state index in [1.165, 1.54) is 17.0 Å². The molecule has 0 aliphatic heterocycles. The number of rotatable bonds is 5. The molecule has 8 nitrogen and oxygen atoms in total. The van der Waals surface area contributed by atoms with Crippen molar-refractivity contribution in [3.8, 4) is 11.5 Å². The van der Waals surface area contributed by atoms with Gasteiger partial charge in [0.1, 0.15) is 11.3 Å². The number of amides is 1. The second-order valence-electron chi connectivity index (χ2n) is 5.98. The van der Waals surface area contributed by atoms with Gasteiger partial charge in [0.15, 0.2) is 16.9 Å². The van der Waals surface area contributed by atoms with Crippen LogP contribution in [0, 0.1) is 0 Å². The molecule has 28 heavy (non-hydrogen) atoms. The molecule has 1 N–H and O–H groups in total.